The number of carboxylic acid groups (broad SMARTS) is 1. The average Bonchev–Trinajstić information content (AvgIpc) is 2.94. The third kappa shape index (κ3) is 5.07. The highest BCUT2D eigenvalue weighted by Crippen LogP contribution is 2.47. The van der Waals surface area contributed by atoms with Crippen LogP contribution in [0.1, 0.15) is 52.2 Å². The number of carbonyl (C=O) groups is 3. The predicted molar refractivity (Wildman–Crippen MR) is 141 cm³/mol. The minimum atomic E-state index is -1.18. The molecule has 0 saturated carbocycles. The van der Waals surface area contributed by atoms with E-state index in [-0.39, 0.29) is 11.8 Å². The van der Waals surface area contributed by atoms with Gasteiger partial charge >= 0.3 is 5.97 Å². The fourth-order valence-electron chi connectivity index (χ4n) is 5.29. The number of ether oxygens (including phenoxy) is 1. The Kier molecular flexibility index (Phi) is 7.92. The van der Waals surface area contributed by atoms with Crippen molar-refractivity contribution in [2.45, 2.75) is 30.6 Å². The van der Waals surface area contributed by atoms with Gasteiger partial charge in [0.1, 0.15) is 11.2 Å². The first-order chi connectivity index (χ1) is 17.9. The second kappa shape index (κ2) is 11.3. The van der Waals surface area contributed by atoms with Crippen LogP contribution in [0.5, 0.6) is 5.75 Å². The fraction of sp³-hybridized carbons (Fsp3) is 0.300. The summed E-state index contributed by atoms with van der Waals surface area (Å²) in [6, 6.07) is 23.7. The topological polar surface area (TPSA) is 95.9 Å². The number of nitrogens with one attached hydrogen (secondary N) is 1. The van der Waals surface area contributed by atoms with Crippen LogP contribution in [-0.4, -0.2) is 55.0 Å². The van der Waals surface area contributed by atoms with Crippen molar-refractivity contribution in [2.75, 3.05) is 27.2 Å². The average molecular weight is 501 g/mol. The van der Waals surface area contributed by atoms with Crippen molar-refractivity contribution in [3.63, 3.8) is 0 Å². The molecule has 37 heavy (non-hydrogen) atoms. The van der Waals surface area contributed by atoms with Gasteiger partial charge in [-0.25, -0.2) is 0 Å². The maximum Gasteiger partial charge on any atom is 0.318 e. The van der Waals surface area contributed by atoms with Crippen LogP contribution in [0.3, 0.4) is 0 Å². The van der Waals surface area contributed by atoms with Gasteiger partial charge in [0.05, 0.1) is 18.6 Å². The van der Waals surface area contributed by atoms with Gasteiger partial charge < -0.3 is 20.1 Å². The van der Waals surface area contributed by atoms with Gasteiger partial charge in [-0.05, 0) is 48.1 Å². The van der Waals surface area contributed by atoms with Gasteiger partial charge in [0.2, 0.25) is 5.91 Å². The summed E-state index contributed by atoms with van der Waals surface area (Å²) in [5.74, 6) is -1.08. The van der Waals surface area contributed by atoms with E-state index in [4.69, 9.17) is 4.74 Å². The van der Waals surface area contributed by atoms with E-state index in [9.17, 15) is 19.5 Å². The largest absolute Gasteiger partial charge is 0.496 e. The van der Waals surface area contributed by atoms with Crippen LogP contribution in [0, 0.1) is 0 Å². The molecule has 1 aliphatic carbocycles. The van der Waals surface area contributed by atoms with Gasteiger partial charge in [-0.1, -0.05) is 66.7 Å². The monoisotopic (exact) mass is 500 g/mol. The first-order valence-electron chi connectivity index (χ1n) is 12.4. The van der Waals surface area contributed by atoms with Crippen LogP contribution in [0.2, 0.25) is 0 Å². The molecule has 3 aromatic rings. The molecular weight excluding hydrogens is 468 g/mol. The Morgan fingerprint density at radius 1 is 1.00 bits per heavy atom. The van der Waals surface area contributed by atoms with Gasteiger partial charge in [-0.15, -0.1) is 0 Å². The SMILES string of the molecule is COc1ccccc1C(=O)NCCCN(C)C(=O)[C@H]1CC[C@@](C(=O)O)(c2ccccc2)c2ccccc21. The number of hydrogen-bond donors (Lipinski definition) is 2. The van der Waals surface area contributed by atoms with Crippen molar-refractivity contribution in [3.05, 3.63) is 101 Å². The van der Waals surface area contributed by atoms with E-state index < -0.39 is 17.3 Å². The third-order valence-corrected chi connectivity index (χ3v) is 7.22. The summed E-state index contributed by atoms with van der Waals surface area (Å²) in [6.07, 6.45) is 1.36. The van der Waals surface area contributed by atoms with E-state index in [2.05, 4.69) is 5.32 Å². The van der Waals surface area contributed by atoms with Crippen molar-refractivity contribution < 1.29 is 24.2 Å². The molecule has 0 aliphatic heterocycles. The van der Waals surface area contributed by atoms with Crippen molar-refractivity contribution in [3.8, 4) is 5.75 Å². The third-order valence-electron chi connectivity index (χ3n) is 7.22. The lowest BCUT2D eigenvalue weighted by molar-refractivity contribution is -0.143. The van der Waals surface area contributed by atoms with Gasteiger partial charge in [0, 0.05) is 20.1 Å². The van der Waals surface area contributed by atoms with Crippen LogP contribution >= 0.6 is 0 Å². The number of methoxy groups -OCH3 is 1. The Balaban J connectivity index is 1.44. The molecule has 0 radical (unpaired) electrons. The molecule has 0 aromatic heterocycles. The number of para-hydroxylation sites is 1. The van der Waals surface area contributed by atoms with E-state index in [1.165, 1.54) is 7.11 Å². The van der Waals surface area contributed by atoms with Crippen LogP contribution < -0.4 is 10.1 Å². The molecule has 2 atom stereocenters. The molecule has 4 rings (SSSR count). The quantitative estimate of drug-likeness (QED) is 0.429. The molecule has 0 fully saturated rings. The van der Waals surface area contributed by atoms with Gasteiger partial charge in [0.25, 0.3) is 5.91 Å². The highest BCUT2D eigenvalue weighted by atomic mass is 16.5. The summed E-state index contributed by atoms with van der Waals surface area (Å²) in [4.78, 5) is 40.3. The minimum absolute atomic E-state index is 0.0458. The number of amides is 2. The molecule has 0 saturated heterocycles. The summed E-state index contributed by atoms with van der Waals surface area (Å²) in [6.45, 7) is 0.873. The maximum atomic E-state index is 13.5. The second-order valence-corrected chi connectivity index (χ2v) is 9.32. The Labute approximate surface area is 217 Å². The van der Waals surface area contributed by atoms with E-state index in [0.717, 1.165) is 11.1 Å². The lowest BCUT2D eigenvalue weighted by Crippen LogP contribution is -2.44. The molecule has 0 unspecified atom stereocenters. The summed E-state index contributed by atoms with van der Waals surface area (Å²) in [5.41, 5.74) is 1.45. The normalized spacial score (nSPS) is 18.4. The molecule has 0 heterocycles. The Morgan fingerprint density at radius 2 is 1.68 bits per heavy atom. The number of rotatable bonds is 9. The van der Waals surface area contributed by atoms with Crippen LogP contribution in [-0.2, 0) is 15.0 Å². The molecule has 2 N–H and O–H groups in total. The number of aliphatic carboxylic acids is 1. The molecule has 2 amide bonds. The zero-order valence-electron chi connectivity index (χ0n) is 21.1. The Morgan fingerprint density at radius 3 is 2.41 bits per heavy atom. The second-order valence-electron chi connectivity index (χ2n) is 9.32. The standard InChI is InChI=1S/C30H32N2O5/c1-32(20-10-19-31-27(33)24-14-7-9-16-26(24)37-2)28(34)23-17-18-30(29(35)36,21-11-4-3-5-12-21)25-15-8-6-13-22(23)25/h3-9,11-16,23H,10,17-20H2,1-2H3,(H,31,33)(H,35,36)/t23-,30+/m0/s1. The van der Waals surface area contributed by atoms with Gasteiger partial charge in [-0.2, -0.15) is 0 Å². The van der Waals surface area contributed by atoms with Gasteiger partial charge in [0.15, 0.2) is 0 Å². The Hall–Kier alpha value is -4.13. The van der Waals surface area contributed by atoms with Crippen molar-refractivity contribution in [2.24, 2.45) is 0 Å². The number of carboxylic acids is 1. The number of nitrogens with zero attached hydrogens (tertiary/aromatic N) is 1. The number of carbonyl (C=O) groups excluding carboxylic acids is 2. The van der Waals surface area contributed by atoms with Crippen LogP contribution in [0.15, 0.2) is 78.9 Å². The lowest BCUT2D eigenvalue weighted by Gasteiger charge is -2.40. The summed E-state index contributed by atoms with van der Waals surface area (Å²) < 4.78 is 5.25. The summed E-state index contributed by atoms with van der Waals surface area (Å²) in [7, 11) is 3.28. The van der Waals surface area contributed by atoms with Crippen LogP contribution in [0.4, 0.5) is 0 Å². The molecule has 0 bridgehead atoms. The smallest absolute Gasteiger partial charge is 0.318 e. The molecule has 1 aliphatic rings. The Bertz CT molecular complexity index is 1280. The summed E-state index contributed by atoms with van der Waals surface area (Å²) >= 11 is 0. The van der Waals surface area contributed by atoms with E-state index in [1.807, 2.05) is 54.6 Å². The first kappa shape index (κ1) is 25.9. The number of likely N-dealkylation sites (N-methyl/N-ethyl adjacent to an activating group) is 1. The van der Waals surface area contributed by atoms with Crippen LogP contribution in [0.25, 0.3) is 0 Å². The summed E-state index contributed by atoms with van der Waals surface area (Å²) in [5, 5.41) is 13.3. The predicted octanol–water partition coefficient (Wildman–Crippen LogP) is 4.22. The zero-order valence-corrected chi connectivity index (χ0v) is 21.1. The van der Waals surface area contributed by atoms with Crippen molar-refractivity contribution in [1.29, 1.82) is 0 Å². The maximum absolute atomic E-state index is 13.5. The van der Waals surface area contributed by atoms with E-state index >= 15 is 0 Å². The number of fused-ring (bicyclic) bond motifs is 1. The fourth-order valence-corrected chi connectivity index (χ4v) is 5.29. The number of benzene rings is 3. The lowest BCUT2D eigenvalue weighted by atomic mass is 9.63. The highest BCUT2D eigenvalue weighted by Gasteiger charge is 2.48. The zero-order chi connectivity index (χ0) is 26.4. The first-order valence-corrected chi connectivity index (χ1v) is 12.4. The van der Waals surface area contributed by atoms with Crippen molar-refractivity contribution >= 4 is 17.8 Å². The van der Waals surface area contributed by atoms with E-state index in [1.54, 1.807) is 36.2 Å². The molecule has 192 valence electrons. The van der Waals surface area contributed by atoms with E-state index in [0.29, 0.717) is 49.2 Å². The highest BCUT2D eigenvalue weighted by molar-refractivity contribution is 5.97. The molecule has 7 nitrogen and oxygen atoms in total. The van der Waals surface area contributed by atoms with Gasteiger partial charge in [-0.3, -0.25) is 14.4 Å². The number of hydrogen-bond acceptors (Lipinski definition) is 4. The minimum Gasteiger partial charge on any atom is -0.496 e. The molecular formula is C30H32N2O5. The molecule has 3 aromatic carbocycles. The van der Waals surface area contributed by atoms with Crippen molar-refractivity contribution in [1.82, 2.24) is 10.2 Å². The molecule has 7 heteroatoms. The molecule has 0 spiro atoms.